The van der Waals surface area contributed by atoms with Crippen LogP contribution in [0.4, 0.5) is 4.39 Å². The largest absolute Gasteiger partial charge is 0.345 e. The molecule has 0 unspecified atom stereocenters. The molecule has 3 rings (SSSR count). The van der Waals surface area contributed by atoms with Gasteiger partial charge in [-0.05, 0) is 23.3 Å². The molecule has 3 nitrogen and oxygen atoms in total. The van der Waals surface area contributed by atoms with Crippen molar-refractivity contribution in [1.82, 2.24) is 10.6 Å². The number of halogens is 1. The number of amides is 1. The molecule has 1 heterocycles. The number of carbonyl (C=O) groups is 1. The van der Waals surface area contributed by atoms with Gasteiger partial charge >= 0.3 is 0 Å². The maximum atomic E-state index is 13.5. The fourth-order valence-electron chi connectivity index (χ4n) is 2.48. The summed E-state index contributed by atoms with van der Waals surface area (Å²) < 4.78 is 13.5. The summed E-state index contributed by atoms with van der Waals surface area (Å²) in [5.74, 6) is -0.231. The molecular weight excluding hydrogens is 267 g/mol. The smallest absolute Gasteiger partial charge is 0.251 e. The van der Waals surface area contributed by atoms with E-state index in [2.05, 4.69) is 10.6 Å². The van der Waals surface area contributed by atoms with E-state index in [1.54, 1.807) is 12.1 Å². The number of alkyl halides is 1. The SMILES string of the molecule is O=C(N[C@H]1CNC[C@@H]1F)c1ccc(-c2ccccc2)cc1. The lowest BCUT2D eigenvalue weighted by molar-refractivity contribution is 0.0924. The fraction of sp³-hybridized carbons (Fsp3) is 0.235. The normalized spacial score (nSPS) is 21.2. The number of nitrogens with one attached hydrogen (secondary N) is 2. The number of rotatable bonds is 3. The van der Waals surface area contributed by atoms with Gasteiger partial charge in [0.05, 0.1) is 6.04 Å². The summed E-state index contributed by atoms with van der Waals surface area (Å²) in [5, 5.41) is 5.65. The van der Waals surface area contributed by atoms with Gasteiger partial charge in [-0.25, -0.2) is 4.39 Å². The van der Waals surface area contributed by atoms with Crippen molar-refractivity contribution < 1.29 is 9.18 Å². The lowest BCUT2D eigenvalue weighted by Gasteiger charge is -2.14. The van der Waals surface area contributed by atoms with Crippen LogP contribution in [0.3, 0.4) is 0 Å². The molecule has 0 saturated carbocycles. The minimum absolute atomic E-state index is 0.231. The standard InChI is InChI=1S/C17H17FN2O/c18-15-10-19-11-16(15)20-17(21)14-8-6-13(7-9-14)12-4-2-1-3-5-12/h1-9,15-16,19H,10-11H2,(H,20,21)/t15-,16-/m0/s1. The molecule has 2 atom stereocenters. The van der Waals surface area contributed by atoms with Crippen LogP contribution in [0.1, 0.15) is 10.4 Å². The summed E-state index contributed by atoms with van der Waals surface area (Å²) in [5.41, 5.74) is 2.71. The van der Waals surface area contributed by atoms with Gasteiger partial charge in [-0.1, -0.05) is 42.5 Å². The van der Waals surface area contributed by atoms with Crippen LogP contribution in [-0.2, 0) is 0 Å². The quantitative estimate of drug-likeness (QED) is 0.908. The lowest BCUT2D eigenvalue weighted by atomic mass is 10.0. The van der Waals surface area contributed by atoms with Gasteiger partial charge in [-0.2, -0.15) is 0 Å². The summed E-state index contributed by atoms with van der Waals surface area (Å²) in [6.45, 7) is 0.785. The van der Waals surface area contributed by atoms with E-state index in [1.807, 2.05) is 42.5 Å². The van der Waals surface area contributed by atoms with Gasteiger partial charge in [0.1, 0.15) is 6.17 Å². The van der Waals surface area contributed by atoms with E-state index in [0.29, 0.717) is 18.7 Å². The molecule has 2 N–H and O–H groups in total. The highest BCUT2D eigenvalue weighted by Crippen LogP contribution is 2.19. The maximum Gasteiger partial charge on any atom is 0.251 e. The van der Waals surface area contributed by atoms with Crippen molar-refractivity contribution in [3.63, 3.8) is 0 Å². The zero-order valence-corrected chi connectivity index (χ0v) is 11.6. The Bertz CT molecular complexity index is 612. The van der Waals surface area contributed by atoms with E-state index < -0.39 is 12.2 Å². The van der Waals surface area contributed by atoms with Gasteiger partial charge in [0.25, 0.3) is 5.91 Å². The predicted octanol–water partition coefficient (Wildman–Crippen LogP) is 2.39. The molecule has 4 heteroatoms. The summed E-state index contributed by atoms with van der Waals surface area (Å²) in [6.07, 6.45) is -1.02. The van der Waals surface area contributed by atoms with E-state index in [9.17, 15) is 9.18 Å². The van der Waals surface area contributed by atoms with Crippen molar-refractivity contribution in [3.8, 4) is 11.1 Å². The third kappa shape index (κ3) is 3.11. The first-order valence-corrected chi connectivity index (χ1v) is 7.05. The van der Waals surface area contributed by atoms with Crippen molar-refractivity contribution in [2.24, 2.45) is 0 Å². The van der Waals surface area contributed by atoms with Crippen LogP contribution in [0.15, 0.2) is 54.6 Å². The van der Waals surface area contributed by atoms with Crippen molar-refractivity contribution in [2.75, 3.05) is 13.1 Å². The molecule has 0 aromatic heterocycles. The summed E-state index contributed by atoms with van der Waals surface area (Å²) in [4.78, 5) is 12.1. The predicted molar refractivity (Wildman–Crippen MR) is 80.9 cm³/mol. The first kappa shape index (κ1) is 13.8. The summed E-state index contributed by atoms with van der Waals surface area (Å²) in [7, 11) is 0. The van der Waals surface area contributed by atoms with Crippen molar-refractivity contribution >= 4 is 5.91 Å². The molecule has 0 spiro atoms. The van der Waals surface area contributed by atoms with Gasteiger partial charge in [-0.15, -0.1) is 0 Å². The Kier molecular flexibility index (Phi) is 3.97. The molecule has 2 aromatic carbocycles. The van der Waals surface area contributed by atoms with Crippen LogP contribution in [0, 0.1) is 0 Å². The van der Waals surface area contributed by atoms with E-state index in [0.717, 1.165) is 11.1 Å². The highest BCUT2D eigenvalue weighted by molar-refractivity contribution is 5.95. The van der Waals surface area contributed by atoms with Crippen LogP contribution in [0.2, 0.25) is 0 Å². The van der Waals surface area contributed by atoms with Crippen LogP contribution < -0.4 is 10.6 Å². The van der Waals surface area contributed by atoms with E-state index in [-0.39, 0.29) is 5.91 Å². The molecule has 1 saturated heterocycles. The lowest BCUT2D eigenvalue weighted by Crippen LogP contribution is -2.41. The Labute approximate surface area is 123 Å². The number of hydrogen-bond acceptors (Lipinski definition) is 2. The van der Waals surface area contributed by atoms with Gasteiger partial charge in [0.15, 0.2) is 0 Å². The Hall–Kier alpha value is -2.20. The molecule has 108 valence electrons. The van der Waals surface area contributed by atoms with Crippen LogP contribution in [0.25, 0.3) is 11.1 Å². The topological polar surface area (TPSA) is 41.1 Å². The highest BCUT2D eigenvalue weighted by atomic mass is 19.1. The third-order valence-corrected chi connectivity index (χ3v) is 3.71. The molecule has 2 aromatic rings. The average Bonchev–Trinajstić information content (AvgIpc) is 2.93. The molecule has 21 heavy (non-hydrogen) atoms. The highest BCUT2D eigenvalue weighted by Gasteiger charge is 2.28. The maximum absolute atomic E-state index is 13.5. The molecule has 1 amide bonds. The minimum atomic E-state index is -1.02. The van der Waals surface area contributed by atoms with Crippen LogP contribution >= 0.6 is 0 Å². The summed E-state index contributed by atoms with van der Waals surface area (Å²) in [6, 6.07) is 16.9. The van der Waals surface area contributed by atoms with Crippen LogP contribution in [-0.4, -0.2) is 31.2 Å². The Morgan fingerprint density at radius 3 is 2.29 bits per heavy atom. The minimum Gasteiger partial charge on any atom is -0.345 e. The van der Waals surface area contributed by atoms with Gasteiger partial charge in [0, 0.05) is 18.7 Å². The van der Waals surface area contributed by atoms with Gasteiger partial charge < -0.3 is 10.6 Å². The second-order valence-corrected chi connectivity index (χ2v) is 5.20. The number of carbonyl (C=O) groups excluding carboxylic acids is 1. The van der Waals surface area contributed by atoms with E-state index >= 15 is 0 Å². The zero-order valence-electron chi connectivity index (χ0n) is 11.6. The Balaban J connectivity index is 1.70. The fourth-order valence-corrected chi connectivity index (χ4v) is 2.48. The molecule has 0 radical (unpaired) electrons. The van der Waals surface area contributed by atoms with Crippen LogP contribution in [0.5, 0.6) is 0 Å². The first-order chi connectivity index (χ1) is 10.2. The molecular formula is C17H17FN2O. The summed E-state index contributed by atoms with van der Waals surface area (Å²) >= 11 is 0. The Morgan fingerprint density at radius 2 is 1.67 bits per heavy atom. The van der Waals surface area contributed by atoms with E-state index in [4.69, 9.17) is 0 Å². The second kappa shape index (κ2) is 6.06. The van der Waals surface area contributed by atoms with E-state index in [1.165, 1.54) is 0 Å². The molecule has 1 fully saturated rings. The molecule has 0 bridgehead atoms. The number of hydrogen-bond donors (Lipinski definition) is 2. The number of benzene rings is 2. The Morgan fingerprint density at radius 1 is 1.00 bits per heavy atom. The van der Waals surface area contributed by atoms with Gasteiger partial charge in [0.2, 0.25) is 0 Å². The van der Waals surface area contributed by atoms with Crippen molar-refractivity contribution in [2.45, 2.75) is 12.2 Å². The molecule has 1 aliphatic rings. The van der Waals surface area contributed by atoms with Crippen molar-refractivity contribution in [3.05, 3.63) is 60.2 Å². The first-order valence-electron chi connectivity index (χ1n) is 7.05. The zero-order chi connectivity index (χ0) is 14.7. The second-order valence-electron chi connectivity index (χ2n) is 5.20. The molecule has 0 aliphatic carbocycles. The monoisotopic (exact) mass is 284 g/mol. The van der Waals surface area contributed by atoms with Gasteiger partial charge in [-0.3, -0.25) is 4.79 Å². The molecule has 1 aliphatic heterocycles. The third-order valence-electron chi connectivity index (χ3n) is 3.71. The van der Waals surface area contributed by atoms with Crippen molar-refractivity contribution in [1.29, 1.82) is 0 Å². The average molecular weight is 284 g/mol.